The van der Waals surface area contributed by atoms with E-state index >= 15 is 0 Å². The zero-order valence-corrected chi connectivity index (χ0v) is 30.8. The molecule has 250 valence electrons. The number of nitrogens with zero attached hydrogens (tertiary/aromatic N) is 4. The molecule has 6 heteroatoms. The number of aromatic nitrogens is 4. The van der Waals surface area contributed by atoms with Gasteiger partial charge in [-0.15, -0.1) is 35.7 Å². The van der Waals surface area contributed by atoms with Gasteiger partial charge in [0, 0.05) is 39.6 Å². The quantitative estimate of drug-likeness (QED) is 0.109. The number of benzene rings is 4. The molecule has 0 unspecified atom stereocenters. The average Bonchev–Trinajstić information content (AvgIpc) is 3.67. The van der Waals surface area contributed by atoms with Crippen LogP contribution in [0, 0.1) is 19.1 Å². The molecule has 0 fully saturated rings. The maximum absolute atomic E-state index is 6.54. The van der Waals surface area contributed by atoms with E-state index in [1.165, 1.54) is 16.8 Å². The Morgan fingerprint density at radius 3 is 2.18 bits per heavy atom. The first-order valence-electron chi connectivity index (χ1n) is 16.9. The Hall–Kier alpha value is -4.50. The Kier molecular flexibility index (Phi) is 9.42. The summed E-state index contributed by atoms with van der Waals surface area (Å²) in [5.41, 5.74) is 8.40. The predicted octanol–water partition coefficient (Wildman–Crippen LogP) is 11.1. The van der Waals surface area contributed by atoms with Gasteiger partial charge in [0.25, 0.3) is 0 Å². The molecule has 7 aromatic rings. The van der Waals surface area contributed by atoms with Gasteiger partial charge in [0.2, 0.25) is 0 Å². The van der Waals surface area contributed by atoms with Crippen LogP contribution in [0.2, 0.25) is 0 Å². The standard InChI is InChI=1S/C43H42N4O.Pd/c1-8-42(4,5)40-39(30-16-11-10-12-17-30)41(43(6,7)9-2)47(45-40)31-18-15-19-32(27-31)48-33-22-23-35-34-20-13-14-21-36(34)46(37(35)28-33)38-26-29(3)24-25-44-38;/h10-26H,8-9H2,1-7H3;/q-2;+2. The first kappa shape index (κ1) is 34.4. The van der Waals surface area contributed by atoms with Crippen LogP contribution < -0.4 is 4.74 Å². The molecule has 0 N–H and O–H groups in total. The summed E-state index contributed by atoms with van der Waals surface area (Å²) in [5.74, 6) is 2.07. The normalized spacial score (nSPS) is 12.0. The van der Waals surface area contributed by atoms with Crippen molar-refractivity contribution in [2.24, 2.45) is 0 Å². The third-order valence-corrected chi connectivity index (χ3v) is 9.89. The molecule has 0 spiro atoms. The van der Waals surface area contributed by atoms with Crippen LogP contribution in [0.25, 0.3) is 44.4 Å². The van der Waals surface area contributed by atoms with E-state index in [0.717, 1.165) is 57.4 Å². The average molecular weight is 737 g/mol. The van der Waals surface area contributed by atoms with Crippen molar-refractivity contribution in [2.45, 2.75) is 72.1 Å². The monoisotopic (exact) mass is 736 g/mol. The first-order valence-corrected chi connectivity index (χ1v) is 16.9. The molecule has 4 aromatic carbocycles. The number of rotatable bonds is 9. The van der Waals surface area contributed by atoms with Gasteiger partial charge < -0.3 is 9.30 Å². The molecule has 0 aliphatic carbocycles. The molecular formula is C43H42N4OPd. The smallest absolute Gasteiger partial charge is 0.509 e. The van der Waals surface area contributed by atoms with Crippen LogP contribution in [0.15, 0.2) is 103 Å². The van der Waals surface area contributed by atoms with Crippen LogP contribution in [-0.2, 0) is 31.3 Å². The second kappa shape index (κ2) is 13.4. The second-order valence-corrected chi connectivity index (χ2v) is 14.0. The molecule has 7 rings (SSSR count). The summed E-state index contributed by atoms with van der Waals surface area (Å²) in [6.07, 6.45) is 3.78. The number of hydrogen-bond acceptors (Lipinski definition) is 3. The third kappa shape index (κ3) is 6.25. The van der Waals surface area contributed by atoms with Gasteiger partial charge in [0.05, 0.1) is 11.4 Å². The molecule has 0 atom stereocenters. The summed E-state index contributed by atoms with van der Waals surface area (Å²) in [5, 5.41) is 7.64. The summed E-state index contributed by atoms with van der Waals surface area (Å²) >= 11 is 0. The van der Waals surface area contributed by atoms with E-state index < -0.39 is 0 Å². The van der Waals surface area contributed by atoms with Crippen molar-refractivity contribution in [1.29, 1.82) is 0 Å². The molecule has 0 saturated heterocycles. The zero-order chi connectivity index (χ0) is 33.6. The molecule has 0 saturated carbocycles. The van der Waals surface area contributed by atoms with E-state index in [1.54, 1.807) is 0 Å². The van der Waals surface area contributed by atoms with Crippen LogP contribution in [-0.4, -0.2) is 19.3 Å². The Morgan fingerprint density at radius 2 is 1.45 bits per heavy atom. The van der Waals surface area contributed by atoms with Crippen molar-refractivity contribution in [3.05, 3.63) is 132 Å². The molecule has 0 radical (unpaired) electrons. The molecule has 0 aliphatic rings. The van der Waals surface area contributed by atoms with Crippen molar-refractivity contribution in [3.63, 3.8) is 0 Å². The minimum absolute atomic E-state index is 0. The van der Waals surface area contributed by atoms with Crippen molar-refractivity contribution < 1.29 is 25.2 Å². The second-order valence-electron chi connectivity index (χ2n) is 14.0. The first-order chi connectivity index (χ1) is 23.1. The Bertz CT molecular complexity index is 2260. The van der Waals surface area contributed by atoms with Crippen LogP contribution in [0.5, 0.6) is 11.5 Å². The Labute approximate surface area is 303 Å². The summed E-state index contributed by atoms with van der Waals surface area (Å²) < 4.78 is 10.8. The van der Waals surface area contributed by atoms with Crippen molar-refractivity contribution in [3.8, 4) is 34.1 Å². The van der Waals surface area contributed by atoms with Gasteiger partial charge in [0.1, 0.15) is 5.82 Å². The Morgan fingerprint density at radius 1 is 0.735 bits per heavy atom. The fourth-order valence-electron chi connectivity index (χ4n) is 6.46. The van der Waals surface area contributed by atoms with Crippen molar-refractivity contribution in [2.75, 3.05) is 0 Å². The number of fused-ring (bicyclic) bond motifs is 3. The predicted molar refractivity (Wildman–Crippen MR) is 197 cm³/mol. The molecule has 3 aromatic heterocycles. The fourth-order valence-corrected chi connectivity index (χ4v) is 6.46. The molecule has 5 nitrogen and oxygen atoms in total. The largest absolute Gasteiger partial charge is 2.00 e. The molecule has 0 aliphatic heterocycles. The van der Waals surface area contributed by atoms with Gasteiger partial charge in [-0.05, 0) is 60.2 Å². The summed E-state index contributed by atoms with van der Waals surface area (Å²) in [7, 11) is 0. The van der Waals surface area contributed by atoms with Gasteiger partial charge >= 0.3 is 20.4 Å². The fraction of sp³-hybridized carbons (Fsp3) is 0.256. The molecule has 3 heterocycles. The van der Waals surface area contributed by atoms with E-state index in [-0.39, 0.29) is 31.3 Å². The third-order valence-electron chi connectivity index (χ3n) is 9.89. The maximum atomic E-state index is 6.54. The van der Waals surface area contributed by atoms with E-state index in [2.05, 4.69) is 143 Å². The summed E-state index contributed by atoms with van der Waals surface area (Å²) in [4.78, 5) is 4.72. The van der Waals surface area contributed by atoms with E-state index in [1.807, 2.05) is 30.5 Å². The van der Waals surface area contributed by atoms with Crippen molar-refractivity contribution in [1.82, 2.24) is 19.3 Å². The SMILES string of the molecule is CCC(C)(C)c1nn(-c2[c-]c(Oc3[c-]c4c(cc3)c3ccccc3n4-c3cc(C)ccn3)ccc2)c(C(C)(C)CC)c1-c1ccccc1.[Pd+2]. The van der Waals surface area contributed by atoms with E-state index in [9.17, 15) is 0 Å². The van der Waals surface area contributed by atoms with Gasteiger partial charge in [-0.2, -0.15) is 17.2 Å². The molecule has 0 amide bonds. The molecule has 49 heavy (non-hydrogen) atoms. The maximum Gasteiger partial charge on any atom is 2.00 e. The number of pyridine rings is 1. The van der Waals surface area contributed by atoms with E-state index in [4.69, 9.17) is 14.8 Å². The van der Waals surface area contributed by atoms with Crippen LogP contribution in [0.4, 0.5) is 0 Å². The van der Waals surface area contributed by atoms with Gasteiger partial charge in [0.15, 0.2) is 0 Å². The minimum atomic E-state index is -0.152. The molecule has 0 bridgehead atoms. The minimum Gasteiger partial charge on any atom is -0.509 e. The zero-order valence-electron chi connectivity index (χ0n) is 29.2. The van der Waals surface area contributed by atoms with Crippen LogP contribution >= 0.6 is 0 Å². The summed E-state index contributed by atoms with van der Waals surface area (Å²) in [6, 6.07) is 40.5. The summed E-state index contributed by atoms with van der Waals surface area (Å²) in [6.45, 7) is 15.8. The van der Waals surface area contributed by atoms with Crippen LogP contribution in [0.1, 0.15) is 71.3 Å². The Balaban J connectivity index is 0.00000417. The van der Waals surface area contributed by atoms with Gasteiger partial charge in [-0.25, -0.2) is 4.98 Å². The number of para-hydroxylation sites is 1. The number of aryl methyl sites for hydroxylation is 1. The van der Waals surface area contributed by atoms with Gasteiger partial charge in [-0.3, -0.25) is 4.68 Å². The van der Waals surface area contributed by atoms with Crippen molar-refractivity contribution >= 4 is 21.8 Å². The number of hydrogen-bond donors (Lipinski definition) is 0. The van der Waals surface area contributed by atoms with Crippen LogP contribution in [0.3, 0.4) is 0 Å². The van der Waals surface area contributed by atoms with E-state index in [0.29, 0.717) is 11.5 Å². The van der Waals surface area contributed by atoms with Gasteiger partial charge in [-0.1, -0.05) is 95.6 Å². The molecular weight excluding hydrogens is 695 g/mol. The number of ether oxygens (including phenoxy) is 1. The topological polar surface area (TPSA) is 44.9 Å².